The first-order chi connectivity index (χ1) is 15.4. The Labute approximate surface area is 182 Å². The number of aromatic nitrogens is 3. The summed E-state index contributed by atoms with van der Waals surface area (Å²) in [5, 5.41) is 3.57. The van der Waals surface area contributed by atoms with Gasteiger partial charge in [0, 0.05) is 19.1 Å². The number of fused-ring (bicyclic) bond motifs is 1. The predicted octanol–water partition coefficient (Wildman–Crippen LogP) is 4.63. The molecule has 3 atom stereocenters. The van der Waals surface area contributed by atoms with Crippen LogP contribution in [0.15, 0.2) is 48.7 Å². The summed E-state index contributed by atoms with van der Waals surface area (Å²) in [6.45, 7) is 1.99. The normalized spacial score (nSPS) is 23.0. The molecule has 5 rings (SSSR count). The van der Waals surface area contributed by atoms with Crippen LogP contribution in [-0.2, 0) is 12.7 Å². The number of halogens is 4. The Morgan fingerprint density at radius 3 is 2.66 bits per heavy atom. The Morgan fingerprint density at radius 1 is 1.06 bits per heavy atom. The lowest BCUT2D eigenvalue weighted by atomic mass is 9.98. The number of nitrogens with one attached hydrogen (secondary N) is 2. The molecule has 2 aromatic heterocycles. The third kappa shape index (κ3) is 4.21. The van der Waals surface area contributed by atoms with Crippen LogP contribution in [0.1, 0.15) is 24.4 Å². The molecule has 2 N–H and O–H groups in total. The molecule has 3 heterocycles. The van der Waals surface area contributed by atoms with Crippen LogP contribution >= 0.6 is 0 Å². The van der Waals surface area contributed by atoms with E-state index >= 15 is 0 Å². The van der Waals surface area contributed by atoms with Crippen molar-refractivity contribution in [3.05, 3.63) is 66.0 Å². The van der Waals surface area contributed by atoms with Gasteiger partial charge in [-0.25, -0.2) is 14.4 Å². The van der Waals surface area contributed by atoms with Gasteiger partial charge in [0.05, 0.1) is 18.4 Å². The highest BCUT2D eigenvalue weighted by Gasteiger charge is 2.43. The predicted molar refractivity (Wildman–Crippen MR) is 112 cm³/mol. The highest BCUT2D eigenvalue weighted by molar-refractivity contribution is 5.58. The molecule has 5 nitrogen and oxygen atoms in total. The van der Waals surface area contributed by atoms with Crippen molar-refractivity contribution in [3.8, 4) is 11.3 Å². The third-order valence-corrected chi connectivity index (χ3v) is 6.52. The van der Waals surface area contributed by atoms with E-state index in [-0.39, 0.29) is 11.9 Å². The molecule has 2 fully saturated rings. The lowest BCUT2D eigenvalue weighted by molar-refractivity contribution is -0.141. The van der Waals surface area contributed by atoms with E-state index in [1.54, 1.807) is 24.4 Å². The van der Waals surface area contributed by atoms with Gasteiger partial charge in [-0.05, 0) is 66.6 Å². The Morgan fingerprint density at radius 2 is 1.88 bits per heavy atom. The molecule has 168 valence electrons. The van der Waals surface area contributed by atoms with E-state index in [4.69, 9.17) is 0 Å². The van der Waals surface area contributed by atoms with Crippen molar-refractivity contribution >= 4 is 5.82 Å². The van der Waals surface area contributed by atoms with Crippen molar-refractivity contribution in [3.63, 3.8) is 0 Å². The summed E-state index contributed by atoms with van der Waals surface area (Å²) in [5.74, 6) is 1.70. The van der Waals surface area contributed by atoms with E-state index in [1.165, 1.54) is 18.2 Å². The quantitative estimate of drug-likeness (QED) is 0.562. The molecule has 0 bridgehead atoms. The highest BCUT2D eigenvalue weighted by atomic mass is 19.4. The molecule has 1 aliphatic heterocycles. The largest absolute Gasteiger partial charge is 0.433 e. The second-order valence-electron chi connectivity index (χ2n) is 8.52. The smallest absolute Gasteiger partial charge is 0.356 e. The van der Waals surface area contributed by atoms with E-state index in [1.807, 2.05) is 4.90 Å². The molecule has 0 amide bonds. The lowest BCUT2D eigenvalue weighted by Crippen LogP contribution is -2.35. The van der Waals surface area contributed by atoms with E-state index in [0.29, 0.717) is 30.7 Å². The maximum atomic E-state index is 13.1. The standard InChI is InChI=1S/C23H23F4N5/c24-16-7-4-14(5-8-16)19-10-29-21(30-19)11-28-18-9-6-15-12-32(13-17(15)18)22-3-1-2-20(31-22)23(25,26)27/h1-5,7-8,10,15,17-18,28H,6,9,11-13H2,(H,29,30)/t15-,17+,18+/m1/s1. The first-order valence-corrected chi connectivity index (χ1v) is 10.7. The number of benzene rings is 1. The van der Waals surface area contributed by atoms with Gasteiger partial charge in [0.25, 0.3) is 0 Å². The molecule has 0 unspecified atom stereocenters. The molecule has 1 aromatic carbocycles. The fraction of sp³-hybridized carbons (Fsp3) is 0.391. The molecule has 9 heteroatoms. The first kappa shape index (κ1) is 20.9. The lowest BCUT2D eigenvalue weighted by Gasteiger charge is -2.22. The number of aromatic amines is 1. The summed E-state index contributed by atoms with van der Waals surface area (Å²) < 4.78 is 52.2. The highest BCUT2D eigenvalue weighted by Crippen LogP contribution is 2.40. The SMILES string of the molecule is Fc1ccc(-c2cnc(CN[C@H]3CC[C@@H]4CN(c5cccc(C(F)(F)F)n5)C[C@@H]43)[nH]2)cc1. The van der Waals surface area contributed by atoms with Crippen LogP contribution in [0.5, 0.6) is 0 Å². The summed E-state index contributed by atoms with van der Waals surface area (Å²) in [7, 11) is 0. The third-order valence-electron chi connectivity index (χ3n) is 6.52. The molecule has 0 radical (unpaired) electrons. The monoisotopic (exact) mass is 445 g/mol. The summed E-state index contributed by atoms with van der Waals surface area (Å²) in [5.41, 5.74) is 0.844. The molecule has 32 heavy (non-hydrogen) atoms. The van der Waals surface area contributed by atoms with Crippen LogP contribution in [0.4, 0.5) is 23.4 Å². The molecular formula is C23H23F4N5. The zero-order chi connectivity index (χ0) is 22.3. The maximum Gasteiger partial charge on any atom is 0.433 e. The van der Waals surface area contributed by atoms with Gasteiger partial charge in [-0.2, -0.15) is 13.2 Å². The minimum Gasteiger partial charge on any atom is -0.356 e. The number of alkyl halides is 3. The number of pyridine rings is 1. The van der Waals surface area contributed by atoms with Gasteiger partial charge >= 0.3 is 6.18 Å². The zero-order valence-electron chi connectivity index (χ0n) is 17.2. The topological polar surface area (TPSA) is 56.8 Å². The van der Waals surface area contributed by atoms with Crippen molar-refractivity contribution in [1.82, 2.24) is 20.3 Å². The molecular weight excluding hydrogens is 422 g/mol. The van der Waals surface area contributed by atoms with Crippen molar-refractivity contribution in [2.45, 2.75) is 31.6 Å². The minimum absolute atomic E-state index is 0.273. The Balaban J connectivity index is 1.21. The Bertz CT molecular complexity index is 1080. The number of anilines is 1. The van der Waals surface area contributed by atoms with Gasteiger partial charge < -0.3 is 15.2 Å². The van der Waals surface area contributed by atoms with Crippen molar-refractivity contribution in [2.75, 3.05) is 18.0 Å². The van der Waals surface area contributed by atoms with E-state index in [9.17, 15) is 17.6 Å². The van der Waals surface area contributed by atoms with E-state index in [0.717, 1.165) is 42.5 Å². The maximum absolute atomic E-state index is 13.1. The molecule has 2 aliphatic rings. The van der Waals surface area contributed by atoms with Gasteiger partial charge in [-0.3, -0.25) is 0 Å². The number of hydrogen-bond acceptors (Lipinski definition) is 4. The number of H-pyrrole nitrogens is 1. The minimum atomic E-state index is -4.44. The zero-order valence-corrected chi connectivity index (χ0v) is 17.2. The van der Waals surface area contributed by atoms with E-state index in [2.05, 4.69) is 20.3 Å². The summed E-state index contributed by atoms with van der Waals surface area (Å²) in [6, 6.07) is 10.6. The van der Waals surface area contributed by atoms with Crippen molar-refractivity contribution < 1.29 is 17.6 Å². The van der Waals surface area contributed by atoms with Gasteiger partial charge in [0.2, 0.25) is 0 Å². The summed E-state index contributed by atoms with van der Waals surface area (Å²) in [4.78, 5) is 13.5. The summed E-state index contributed by atoms with van der Waals surface area (Å²) in [6.07, 6.45) is -0.634. The van der Waals surface area contributed by atoms with Crippen LogP contribution in [0.3, 0.4) is 0 Å². The second-order valence-corrected chi connectivity index (χ2v) is 8.52. The molecule has 0 spiro atoms. The molecule has 1 saturated heterocycles. The van der Waals surface area contributed by atoms with Crippen molar-refractivity contribution in [2.24, 2.45) is 11.8 Å². The van der Waals surface area contributed by atoms with Gasteiger partial charge in [0.1, 0.15) is 23.2 Å². The van der Waals surface area contributed by atoms with Gasteiger partial charge in [0.15, 0.2) is 0 Å². The fourth-order valence-corrected chi connectivity index (χ4v) is 4.92. The first-order valence-electron chi connectivity index (χ1n) is 10.7. The molecule has 1 aliphatic carbocycles. The fourth-order valence-electron chi connectivity index (χ4n) is 4.92. The van der Waals surface area contributed by atoms with Crippen LogP contribution in [0.2, 0.25) is 0 Å². The number of nitrogens with zero attached hydrogens (tertiary/aromatic N) is 3. The van der Waals surface area contributed by atoms with Crippen LogP contribution in [0, 0.1) is 17.7 Å². The number of hydrogen-bond donors (Lipinski definition) is 2. The second kappa shape index (κ2) is 8.20. The van der Waals surface area contributed by atoms with Crippen LogP contribution < -0.4 is 10.2 Å². The van der Waals surface area contributed by atoms with Crippen LogP contribution in [-0.4, -0.2) is 34.1 Å². The van der Waals surface area contributed by atoms with Gasteiger partial charge in [-0.15, -0.1) is 0 Å². The van der Waals surface area contributed by atoms with Crippen LogP contribution in [0.25, 0.3) is 11.3 Å². The molecule has 3 aromatic rings. The van der Waals surface area contributed by atoms with Gasteiger partial charge in [-0.1, -0.05) is 6.07 Å². The average molecular weight is 445 g/mol. The number of imidazole rings is 1. The van der Waals surface area contributed by atoms with E-state index < -0.39 is 11.9 Å². The summed E-state index contributed by atoms with van der Waals surface area (Å²) >= 11 is 0. The Kier molecular flexibility index (Phi) is 5.36. The van der Waals surface area contributed by atoms with Crippen molar-refractivity contribution in [1.29, 1.82) is 0 Å². The Hall–Kier alpha value is -2.94. The molecule has 1 saturated carbocycles. The average Bonchev–Trinajstić information content (AvgIpc) is 3.49. The number of rotatable bonds is 5.